The van der Waals surface area contributed by atoms with Crippen LogP contribution in [0.1, 0.15) is 0 Å². The predicted octanol–water partition coefficient (Wildman–Crippen LogP) is 17.9. The van der Waals surface area contributed by atoms with Gasteiger partial charge in [-0.2, -0.15) is 0 Å². The van der Waals surface area contributed by atoms with Gasteiger partial charge in [0.1, 0.15) is 0 Å². The van der Waals surface area contributed by atoms with Gasteiger partial charge in [0.25, 0.3) is 0 Å². The molecule has 0 spiro atoms. The highest BCUT2D eigenvalue weighted by Gasteiger charge is 2.25. The molecule has 308 valence electrons. The molecule has 12 aromatic carbocycles. The molecular formula is C64H42N2. The van der Waals surface area contributed by atoms with Gasteiger partial charge in [-0.3, -0.25) is 0 Å². The minimum absolute atomic E-state index is 1.08. The van der Waals surface area contributed by atoms with Crippen molar-refractivity contribution in [3.8, 4) is 39.1 Å². The average Bonchev–Trinajstić information content (AvgIpc) is 3.74. The molecular weight excluding hydrogens is 797 g/mol. The zero-order valence-corrected chi connectivity index (χ0v) is 36.1. The number of rotatable bonds is 7. The molecule has 66 heavy (non-hydrogen) atoms. The Bertz CT molecular complexity index is 3980. The van der Waals surface area contributed by atoms with Crippen molar-refractivity contribution in [2.45, 2.75) is 0 Å². The Balaban J connectivity index is 1.15. The van der Waals surface area contributed by atoms with Gasteiger partial charge in [-0.05, 0) is 114 Å². The van der Waals surface area contributed by atoms with Gasteiger partial charge in [-0.15, -0.1) is 0 Å². The lowest BCUT2D eigenvalue weighted by Gasteiger charge is -2.30. The fourth-order valence-corrected chi connectivity index (χ4v) is 10.7. The molecule has 0 saturated heterocycles. The van der Waals surface area contributed by atoms with Crippen LogP contribution in [0.25, 0.3) is 104 Å². The van der Waals surface area contributed by atoms with Crippen molar-refractivity contribution in [3.05, 3.63) is 255 Å². The first-order chi connectivity index (χ1) is 32.8. The molecule has 0 radical (unpaired) electrons. The summed E-state index contributed by atoms with van der Waals surface area (Å²) in [5.41, 5.74) is 14.0. The molecule has 0 aliphatic heterocycles. The quantitative estimate of drug-likeness (QED) is 0.145. The molecule has 0 atom stereocenters. The van der Waals surface area contributed by atoms with Crippen molar-refractivity contribution in [3.63, 3.8) is 0 Å². The maximum atomic E-state index is 2.52. The molecule has 0 fully saturated rings. The first kappa shape index (κ1) is 37.8. The molecule has 1 heterocycles. The molecule has 0 amide bonds. The Hall–Kier alpha value is -8.72. The summed E-state index contributed by atoms with van der Waals surface area (Å²) in [6.07, 6.45) is 0. The Morgan fingerprint density at radius 2 is 0.803 bits per heavy atom. The fourth-order valence-electron chi connectivity index (χ4n) is 10.7. The predicted molar refractivity (Wildman–Crippen MR) is 282 cm³/mol. The van der Waals surface area contributed by atoms with Crippen molar-refractivity contribution in [1.82, 2.24) is 4.57 Å². The summed E-state index contributed by atoms with van der Waals surface area (Å²) in [4.78, 5) is 2.52. The molecule has 0 bridgehead atoms. The SMILES string of the molecule is c1ccc(-c2c(-c3ccccc3)c3cc(N(c4ccccc4-c4cccc5c4c4ccccc4n5-c4ccccc4)c4cccc5c4ccc4ccccc45)ccc3c3ccccc23)cc1. The number of anilines is 3. The van der Waals surface area contributed by atoms with Gasteiger partial charge in [0, 0.05) is 33.1 Å². The van der Waals surface area contributed by atoms with Crippen LogP contribution in [-0.2, 0) is 0 Å². The van der Waals surface area contributed by atoms with Crippen LogP contribution < -0.4 is 4.90 Å². The average molecular weight is 839 g/mol. The number of aromatic nitrogens is 1. The lowest BCUT2D eigenvalue weighted by Crippen LogP contribution is -2.12. The van der Waals surface area contributed by atoms with Crippen LogP contribution in [-0.4, -0.2) is 4.57 Å². The normalized spacial score (nSPS) is 11.6. The van der Waals surface area contributed by atoms with Gasteiger partial charge in [-0.25, -0.2) is 0 Å². The summed E-state index contributed by atoms with van der Waals surface area (Å²) in [5.74, 6) is 0. The molecule has 1 aromatic heterocycles. The fraction of sp³-hybridized carbons (Fsp3) is 0. The van der Waals surface area contributed by atoms with Crippen LogP contribution in [0.2, 0.25) is 0 Å². The third-order valence-corrected chi connectivity index (χ3v) is 13.5. The van der Waals surface area contributed by atoms with Crippen molar-refractivity contribution in [2.75, 3.05) is 4.90 Å². The van der Waals surface area contributed by atoms with Crippen molar-refractivity contribution >= 4 is 82.0 Å². The first-order valence-electron chi connectivity index (χ1n) is 22.8. The number of benzene rings is 12. The first-order valence-corrected chi connectivity index (χ1v) is 22.8. The molecule has 13 rings (SSSR count). The van der Waals surface area contributed by atoms with E-state index in [2.05, 4.69) is 264 Å². The number of para-hydroxylation sites is 3. The molecule has 2 nitrogen and oxygen atoms in total. The van der Waals surface area contributed by atoms with Gasteiger partial charge < -0.3 is 9.47 Å². The highest BCUT2D eigenvalue weighted by Crippen LogP contribution is 2.50. The Morgan fingerprint density at radius 3 is 1.59 bits per heavy atom. The van der Waals surface area contributed by atoms with Crippen molar-refractivity contribution < 1.29 is 0 Å². The van der Waals surface area contributed by atoms with Gasteiger partial charge >= 0.3 is 0 Å². The van der Waals surface area contributed by atoms with E-state index in [9.17, 15) is 0 Å². The summed E-state index contributed by atoms with van der Waals surface area (Å²) in [7, 11) is 0. The molecule has 13 aromatic rings. The zero-order chi connectivity index (χ0) is 43.6. The van der Waals surface area contributed by atoms with E-state index in [1.165, 1.54) is 92.7 Å². The molecule has 0 saturated carbocycles. The number of nitrogens with zero attached hydrogens (tertiary/aromatic N) is 2. The van der Waals surface area contributed by atoms with Crippen LogP contribution in [0.4, 0.5) is 17.1 Å². The summed E-state index contributed by atoms with van der Waals surface area (Å²) < 4.78 is 2.41. The van der Waals surface area contributed by atoms with Crippen molar-refractivity contribution in [2.24, 2.45) is 0 Å². The minimum Gasteiger partial charge on any atom is -0.309 e. The van der Waals surface area contributed by atoms with Crippen LogP contribution in [0, 0.1) is 0 Å². The van der Waals surface area contributed by atoms with E-state index in [4.69, 9.17) is 0 Å². The third kappa shape index (κ3) is 5.96. The van der Waals surface area contributed by atoms with Gasteiger partial charge in [0.15, 0.2) is 0 Å². The van der Waals surface area contributed by atoms with Crippen molar-refractivity contribution in [1.29, 1.82) is 0 Å². The second kappa shape index (κ2) is 15.5. The molecule has 0 aliphatic rings. The summed E-state index contributed by atoms with van der Waals surface area (Å²) in [6, 6.07) is 93.5. The standard InChI is InChI=1S/C64H42N2/c1-4-21-44(22-5-1)62-54-30-13-12-28-50(54)51-41-39-47(42-57(51)63(62)45-23-6-2-7-24-45)66(59-36-18-32-49-48-27-11-10-20-43(48)38-40-53(49)59)58-34-16-14-29-52(58)55-33-19-37-61-64(55)56-31-15-17-35-60(56)65(61)46-25-8-3-9-26-46/h1-42H. The van der Waals surface area contributed by atoms with E-state index in [1.54, 1.807) is 0 Å². The van der Waals surface area contributed by atoms with Crippen LogP contribution in [0.5, 0.6) is 0 Å². The summed E-state index contributed by atoms with van der Waals surface area (Å²) in [5, 5.41) is 12.3. The van der Waals surface area contributed by atoms with Gasteiger partial charge in [0.05, 0.1) is 22.4 Å². The largest absolute Gasteiger partial charge is 0.309 e. The minimum atomic E-state index is 1.08. The zero-order valence-electron chi connectivity index (χ0n) is 36.1. The molecule has 0 unspecified atom stereocenters. The van der Waals surface area contributed by atoms with E-state index in [0.29, 0.717) is 0 Å². The molecule has 0 aliphatic carbocycles. The van der Waals surface area contributed by atoms with Crippen LogP contribution >= 0.6 is 0 Å². The monoisotopic (exact) mass is 838 g/mol. The Kier molecular flexibility index (Phi) is 8.89. The third-order valence-electron chi connectivity index (χ3n) is 13.5. The summed E-state index contributed by atoms with van der Waals surface area (Å²) >= 11 is 0. The van der Waals surface area contributed by atoms with E-state index in [0.717, 1.165) is 28.3 Å². The topological polar surface area (TPSA) is 8.17 Å². The van der Waals surface area contributed by atoms with E-state index in [-0.39, 0.29) is 0 Å². The lowest BCUT2D eigenvalue weighted by molar-refractivity contribution is 1.18. The van der Waals surface area contributed by atoms with E-state index < -0.39 is 0 Å². The Labute approximate surface area is 383 Å². The second-order valence-electron chi connectivity index (χ2n) is 17.2. The highest BCUT2D eigenvalue weighted by molar-refractivity contribution is 6.23. The lowest BCUT2D eigenvalue weighted by atomic mass is 9.85. The van der Waals surface area contributed by atoms with Gasteiger partial charge in [0.2, 0.25) is 0 Å². The second-order valence-corrected chi connectivity index (χ2v) is 17.2. The van der Waals surface area contributed by atoms with Crippen LogP contribution in [0.3, 0.4) is 0 Å². The number of hydrogen-bond donors (Lipinski definition) is 0. The van der Waals surface area contributed by atoms with E-state index in [1.807, 2.05) is 0 Å². The maximum Gasteiger partial charge on any atom is 0.0547 e. The smallest absolute Gasteiger partial charge is 0.0547 e. The highest BCUT2D eigenvalue weighted by atomic mass is 15.1. The number of fused-ring (bicyclic) bond motifs is 9. The number of hydrogen-bond acceptors (Lipinski definition) is 1. The van der Waals surface area contributed by atoms with Crippen LogP contribution in [0.15, 0.2) is 255 Å². The Morgan fingerprint density at radius 1 is 0.288 bits per heavy atom. The summed E-state index contributed by atoms with van der Waals surface area (Å²) in [6.45, 7) is 0. The van der Waals surface area contributed by atoms with Gasteiger partial charge in [-0.1, -0.05) is 206 Å². The maximum absolute atomic E-state index is 2.52. The molecule has 0 N–H and O–H groups in total. The van der Waals surface area contributed by atoms with E-state index >= 15 is 0 Å². The molecule has 2 heteroatoms.